The van der Waals surface area contributed by atoms with Gasteiger partial charge in [-0.25, -0.2) is 4.79 Å². The van der Waals surface area contributed by atoms with Crippen LogP contribution in [0.2, 0.25) is 0 Å². The summed E-state index contributed by atoms with van der Waals surface area (Å²) in [5.41, 5.74) is 1.27. The van der Waals surface area contributed by atoms with Gasteiger partial charge in [-0.15, -0.1) is 11.3 Å². The number of rotatable bonds is 9. The maximum Gasteiger partial charge on any atom is 0.338 e. The van der Waals surface area contributed by atoms with Crippen LogP contribution in [0, 0.1) is 6.92 Å². The maximum atomic E-state index is 13.0. The Kier molecular flexibility index (Phi) is 7.18. The zero-order chi connectivity index (χ0) is 19.9. The van der Waals surface area contributed by atoms with Gasteiger partial charge in [-0.1, -0.05) is 31.0 Å². The summed E-state index contributed by atoms with van der Waals surface area (Å²) < 4.78 is 12.7. The molecule has 5 heteroatoms. The van der Waals surface area contributed by atoms with E-state index >= 15 is 0 Å². The van der Waals surface area contributed by atoms with Crippen LogP contribution >= 0.6 is 11.3 Å². The first-order valence-corrected chi connectivity index (χ1v) is 10.6. The van der Waals surface area contributed by atoms with Crippen molar-refractivity contribution in [2.45, 2.75) is 39.5 Å². The van der Waals surface area contributed by atoms with Gasteiger partial charge in [-0.3, -0.25) is 4.79 Å². The van der Waals surface area contributed by atoms with E-state index in [1.54, 1.807) is 12.1 Å². The molecule has 0 bridgehead atoms. The van der Waals surface area contributed by atoms with E-state index in [2.05, 4.69) is 6.92 Å². The highest BCUT2D eigenvalue weighted by Gasteiger charge is 2.16. The molecule has 3 aromatic rings. The Morgan fingerprint density at radius 3 is 2.61 bits per heavy atom. The zero-order valence-corrected chi connectivity index (χ0v) is 17.3. The van der Waals surface area contributed by atoms with Crippen molar-refractivity contribution >= 4 is 37.5 Å². The summed E-state index contributed by atoms with van der Waals surface area (Å²) in [5.74, 6) is -0.436. The lowest BCUT2D eigenvalue weighted by Gasteiger charge is -2.08. The number of aryl methyl sites for hydroxylation is 1. The van der Waals surface area contributed by atoms with Crippen LogP contribution < -0.4 is 5.43 Å². The minimum Gasteiger partial charge on any atom is -0.462 e. The Balaban J connectivity index is 1.72. The Hall–Kier alpha value is -2.24. The quantitative estimate of drug-likeness (QED) is 0.272. The van der Waals surface area contributed by atoms with Crippen molar-refractivity contribution in [3.8, 4) is 0 Å². The monoisotopic (exact) mass is 398 g/mol. The van der Waals surface area contributed by atoms with Gasteiger partial charge in [0.05, 0.1) is 17.6 Å². The van der Waals surface area contributed by atoms with Crippen LogP contribution in [-0.2, 0) is 9.47 Å². The van der Waals surface area contributed by atoms with Gasteiger partial charge < -0.3 is 9.47 Å². The second-order valence-corrected chi connectivity index (χ2v) is 8.00. The molecule has 148 valence electrons. The van der Waals surface area contributed by atoms with Gasteiger partial charge >= 0.3 is 5.97 Å². The van der Waals surface area contributed by atoms with E-state index in [1.165, 1.54) is 11.3 Å². The Morgan fingerprint density at radius 2 is 1.79 bits per heavy atom. The van der Waals surface area contributed by atoms with Crippen LogP contribution in [0.4, 0.5) is 0 Å². The molecule has 0 spiro atoms. The van der Waals surface area contributed by atoms with Crippen molar-refractivity contribution in [2.75, 3.05) is 19.8 Å². The van der Waals surface area contributed by atoms with Gasteiger partial charge in [-0.2, -0.15) is 0 Å². The van der Waals surface area contributed by atoms with Crippen LogP contribution in [-0.4, -0.2) is 25.8 Å². The second kappa shape index (κ2) is 9.80. The highest BCUT2D eigenvalue weighted by Crippen LogP contribution is 2.27. The Labute approximate surface area is 169 Å². The number of hydrogen-bond donors (Lipinski definition) is 0. The van der Waals surface area contributed by atoms with Crippen LogP contribution in [0.5, 0.6) is 0 Å². The summed E-state index contributed by atoms with van der Waals surface area (Å²) in [6, 6.07) is 11.2. The fraction of sp³-hybridized carbons (Fsp3) is 0.391. The average molecular weight is 399 g/mol. The zero-order valence-electron chi connectivity index (χ0n) is 16.5. The van der Waals surface area contributed by atoms with E-state index in [0.29, 0.717) is 29.5 Å². The topological polar surface area (TPSA) is 52.6 Å². The number of esters is 1. The summed E-state index contributed by atoms with van der Waals surface area (Å²) in [4.78, 5) is 25.6. The minimum absolute atomic E-state index is 0.107. The largest absolute Gasteiger partial charge is 0.462 e. The molecular formula is C23H26O4S. The number of ether oxygens (including phenoxy) is 2. The lowest BCUT2D eigenvalue weighted by Crippen LogP contribution is -2.12. The van der Waals surface area contributed by atoms with Gasteiger partial charge in [-0.05, 0) is 50.5 Å². The van der Waals surface area contributed by atoms with Crippen molar-refractivity contribution in [3.05, 3.63) is 57.7 Å². The third kappa shape index (κ3) is 4.78. The molecule has 0 amide bonds. The van der Waals surface area contributed by atoms with Crippen LogP contribution in [0.3, 0.4) is 0 Å². The molecule has 0 N–H and O–H groups in total. The highest BCUT2D eigenvalue weighted by atomic mass is 32.1. The van der Waals surface area contributed by atoms with E-state index in [0.717, 1.165) is 47.3 Å². The SMILES string of the molecule is CCCCOCCCCOC(=O)c1cccc2sc3ccc(C)cc3c(=O)c12. The van der Waals surface area contributed by atoms with Crippen LogP contribution in [0.15, 0.2) is 41.2 Å². The molecule has 0 aliphatic rings. The molecule has 0 saturated heterocycles. The molecular weight excluding hydrogens is 372 g/mol. The van der Waals surface area contributed by atoms with Gasteiger partial charge in [0.2, 0.25) is 0 Å². The van der Waals surface area contributed by atoms with Gasteiger partial charge in [0.15, 0.2) is 5.43 Å². The van der Waals surface area contributed by atoms with Gasteiger partial charge in [0, 0.05) is 28.0 Å². The first-order valence-electron chi connectivity index (χ1n) is 9.83. The van der Waals surface area contributed by atoms with E-state index in [4.69, 9.17) is 9.47 Å². The highest BCUT2D eigenvalue weighted by molar-refractivity contribution is 7.24. The molecule has 3 rings (SSSR count). The van der Waals surface area contributed by atoms with Crippen LogP contribution in [0.25, 0.3) is 20.2 Å². The van der Waals surface area contributed by atoms with E-state index in [1.807, 2.05) is 31.2 Å². The Bertz CT molecular complexity index is 1020. The smallest absolute Gasteiger partial charge is 0.338 e. The maximum absolute atomic E-state index is 13.0. The summed E-state index contributed by atoms with van der Waals surface area (Å²) in [7, 11) is 0. The number of hydrogen-bond acceptors (Lipinski definition) is 5. The second-order valence-electron chi connectivity index (χ2n) is 6.92. The third-order valence-electron chi connectivity index (χ3n) is 4.63. The number of unbranched alkanes of at least 4 members (excludes halogenated alkanes) is 2. The third-order valence-corrected chi connectivity index (χ3v) is 5.77. The van der Waals surface area contributed by atoms with Gasteiger partial charge in [0.25, 0.3) is 0 Å². The molecule has 1 aromatic heterocycles. The predicted molar refractivity (Wildman–Crippen MR) is 116 cm³/mol. The van der Waals surface area contributed by atoms with Crippen molar-refractivity contribution in [2.24, 2.45) is 0 Å². The van der Waals surface area contributed by atoms with Crippen molar-refractivity contribution < 1.29 is 14.3 Å². The molecule has 0 fully saturated rings. The summed E-state index contributed by atoms with van der Waals surface area (Å²) in [6.45, 7) is 5.89. The molecule has 0 unspecified atom stereocenters. The normalized spacial score (nSPS) is 11.2. The minimum atomic E-state index is -0.436. The van der Waals surface area contributed by atoms with Crippen molar-refractivity contribution in [3.63, 3.8) is 0 Å². The molecule has 28 heavy (non-hydrogen) atoms. The summed E-state index contributed by atoms with van der Waals surface area (Å²) in [6.07, 6.45) is 3.80. The van der Waals surface area contributed by atoms with Crippen LogP contribution in [0.1, 0.15) is 48.5 Å². The molecule has 2 aromatic carbocycles. The number of carbonyl (C=O) groups excluding carboxylic acids is 1. The molecule has 0 saturated carbocycles. The molecule has 1 heterocycles. The molecule has 0 radical (unpaired) electrons. The lowest BCUT2D eigenvalue weighted by molar-refractivity contribution is 0.0483. The van der Waals surface area contributed by atoms with E-state index in [-0.39, 0.29) is 5.43 Å². The number of carbonyl (C=O) groups is 1. The fourth-order valence-corrected chi connectivity index (χ4v) is 4.17. The predicted octanol–water partition coefficient (Wildman–Crippen LogP) is 5.48. The first-order chi connectivity index (χ1) is 13.6. The Morgan fingerprint density at radius 1 is 1.00 bits per heavy atom. The molecule has 0 aliphatic heterocycles. The van der Waals surface area contributed by atoms with Crippen molar-refractivity contribution in [1.82, 2.24) is 0 Å². The molecule has 0 aliphatic carbocycles. The van der Waals surface area contributed by atoms with E-state index in [9.17, 15) is 9.59 Å². The average Bonchev–Trinajstić information content (AvgIpc) is 2.70. The standard InChI is InChI=1S/C23H26O4S/c1-3-4-12-26-13-5-6-14-27-23(25)17-8-7-9-20-21(17)22(24)18-15-16(2)10-11-19(18)28-20/h7-11,15H,3-6,12-14H2,1-2H3. The molecule has 4 nitrogen and oxygen atoms in total. The van der Waals surface area contributed by atoms with Gasteiger partial charge in [0.1, 0.15) is 0 Å². The molecule has 0 atom stereocenters. The first kappa shape index (κ1) is 20.5. The summed E-state index contributed by atoms with van der Waals surface area (Å²) >= 11 is 1.52. The fourth-order valence-electron chi connectivity index (χ4n) is 3.08. The van der Waals surface area contributed by atoms with E-state index < -0.39 is 5.97 Å². The number of fused-ring (bicyclic) bond motifs is 2. The number of benzene rings is 2. The van der Waals surface area contributed by atoms with Crippen molar-refractivity contribution in [1.29, 1.82) is 0 Å². The lowest BCUT2D eigenvalue weighted by atomic mass is 10.1. The summed E-state index contributed by atoms with van der Waals surface area (Å²) in [5, 5.41) is 1.11.